The molecule has 0 aliphatic heterocycles. The SMILES string of the molecule is Cc1cccc(CC(N)c2ccccc2C2CCC2)c1. The van der Waals surface area contributed by atoms with Crippen LogP contribution >= 0.6 is 0 Å². The average Bonchev–Trinajstić information content (AvgIpc) is 2.37. The Balaban J connectivity index is 1.81. The highest BCUT2D eigenvalue weighted by atomic mass is 14.6. The summed E-state index contributed by atoms with van der Waals surface area (Å²) >= 11 is 0. The molecule has 1 nitrogen and oxygen atoms in total. The molecule has 2 aromatic carbocycles. The molecule has 1 aliphatic carbocycles. The Bertz CT molecular complexity index is 584. The summed E-state index contributed by atoms with van der Waals surface area (Å²) in [5.41, 5.74) is 12.0. The number of rotatable bonds is 4. The lowest BCUT2D eigenvalue weighted by atomic mass is 9.77. The lowest BCUT2D eigenvalue weighted by Crippen LogP contribution is -2.19. The van der Waals surface area contributed by atoms with E-state index in [-0.39, 0.29) is 6.04 Å². The summed E-state index contributed by atoms with van der Waals surface area (Å²) in [5.74, 6) is 0.745. The Morgan fingerprint density at radius 2 is 1.90 bits per heavy atom. The maximum absolute atomic E-state index is 6.49. The lowest BCUT2D eigenvalue weighted by Gasteiger charge is -2.29. The molecular weight excluding hydrogens is 242 g/mol. The smallest absolute Gasteiger partial charge is 0.0338 e. The minimum absolute atomic E-state index is 0.105. The van der Waals surface area contributed by atoms with Gasteiger partial charge in [-0.05, 0) is 48.8 Å². The fourth-order valence-electron chi connectivity index (χ4n) is 3.14. The van der Waals surface area contributed by atoms with Crippen LogP contribution in [0.4, 0.5) is 0 Å². The molecule has 0 radical (unpaired) electrons. The van der Waals surface area contributed by atoms with Crippen LogP contribution in [0.3, 0.4) is 0 Å². The number of hydrogen-bond acceptors (Lipinski definition) is 1. The summed E-state index contributed by atoms with van der Waals surface area (Å²) in [4.78, 5) is 0. The highest BCUT2D eigenvalue weighted by Crippen LogP contribution is 2.39. The fraction of sp³-hybridized carbons (Fsp3) is 0.368. The Morgan fingerprint density at radius 1 is 1.10 bits per heavy atom. The molecular formula is C19H23N. The van der Waals surface area contributed by atoms with E-state index >= 15 is 0 Å². The van der Waals surface area contributed by atoms with Crippen molar-refractivity contribution in [3.05, 3.63) is 70.8 Å². The van der Waals surface area contributed by atoms with Crippen molar-refractivity contribution >= 4 is 0 Å². The van der Waals surface area contributed by atoms with Crippen LogP contribution in [0, 0.1) is 6.92 Å². The third kappa shape index (κ3) is 2.78. The Labute approximate surface area is 121 Å². The number of aryl methyl sites for hydroxylation is 1. The van der Waals surface area contributed by atoms with Crippen LogP contribution in [0.15, 0.2) is 48.5 Å². The van der Waals surface area contributed by atoms with Gasteiger partial charge in [0.15, 0.2) is 0 Å². The fourth-order valence-corrected chi connectivity index (χ4v) is 3.14. The van der Waals surface area contributed by atoms with E-state index in [1.54, 1.807) is 0 Å². The molecule has 1 aliphatic rings. The zero-order valence-electron chi connectivity index (χ0n) is 12.2. The highest BCUT2D eigenvalue weighted by Gasteiger charge is 2.23. The van der Waals surface area contributed by atoms with Crippen LogP contribution in [0.1, 0.15) is 53.5 Å². The molecule has 20 heavy (non-hydrogen) atoms. The molecule has 0 heterocycles. The van der Waals surface area contributed by atoms with Gasteiger partial charge in [0.1, 0.15) is 0 Å². The van der Waals surface area contributed by atoms with Gasteiger partial charge in [0, 0.05) is 6.04 Å². The van der Waals surface area contributed by atoms with Crippen LogP contribution in [-0.2, 0) is 6.42 Å². The van der Waals surface area contributed by atoms with Crippen LogP contribution in [-0.4, -0.2) is 0 Å². The van der Waals surface area contributed by atoms with Crippen molar-refractivity contribution in [2.45, 2.75) is 44.6 Å². The summed E-state index contributed by atoms with van der Waals surface area (Å²) in [5, 5.41) is 0. The monoisotopic (exact) mass is 265 g/mol. The molecule has 2 aromatic rings. The first-order chi connectivity index (χ1) is 9.74. The molecule has 1 atom stereocenters. The second-order valence-corrected chi connectivity index (χ2v) is 6.06. The van der Waals surface area contributed by atoms with Gasteiger partial charge in [0.25, 0.3) is 0 Å². The third-order valence-electron chi connectivity index (χ3n) is 4.48. The van der Waals surface area contributed by atoms with Crippen molar-refractivity contribution in [2.75, 3.05) is 0 Å². The largest absolute Gasteiger partial charge is 0.324 e. The summed E-state index contributed by atoms with van der Waals surface area (Å²) in [6.07, 6.45) is 4.94. The van der Waals surface area contributed by atoms with Crippen molar-refractivity contribution in [2.24, 2.45) is 5.73 Å². The van der Waals surface area contributed by atoms with E-state index < -0.39 is 0 Å². The van der Waals surface area contributed by atoms with Gasteiger partial charge >= 0.3 is 0 Å². The normalized spacial score (nSPS) is 16.7. The van der Waals surface area contributed by atoms with Crippen LogP contribution in [0.25, 0.3) is 0 Å². The topological polar surface area (TPSA) is 26.0 Å². The Hall–Kier alpha value is -1.60. The third-order valence-corrected chi connectivity index (χ3v) is 4.48. The second kappa shape index (κ2) is 5.80. The van der Waals surface area contributed by atoms with Crippen molar-refractivity contribution in [1.82, 2.24) is 0 Å². The van der Waals surface area contributed by atoms with Crippen molar-refractivity contribution < 1.29 is 0 Å². The van der Waals surface area contributed by atoms with E-state index in [2.05, 4.69) is 55.5 Å². The van der Waals surface area contributed by atoms with Crippen molar-refractivity contribution in [1.29, 1.82) is 0 Å². The minimum atomic E-state index is 0.105. The van der Waals surface area contributed by atoms with Gasteiger partial charge in [0.2, 0.25) is 0 Å². The van der Waals surface area contributed by atoms with E-state index in [1.165, 1.54) is 41.5 Å². The van der Waals surface area contributed by atoms with E-state index in [4.69, 9.17) is 5.73 Å². The number of benzene rings is 2. The Morgan fingerprint density at radius 3 is 2.60 bits per heavy atom. The van der Waals surface area contributed by atoms with E-state index in [0.29, 0.717) is 0 Å². The molecule has 104 valence electrons. The molecule has 0 saturated heterocycles. The van der Waals surface area contributed by atoms with Crippen LogP contribution < -0.4 is 5.73 Å². The van der Waals surface area contributed by atoms with E-state index in [0.717, 1.165) is 12.3 Å². The Kier molecular flexibility index (Phi) is 3.88. The van der Waals surface area contributed by atoms with Gasteiger partial charge in [-0.1, -0.05) is 60.5 Å². The molecule has 0 bridgehead atoms. The maximum atomic E-state index is 6.49. The summed E-state index contributed by atoms with van der Waals surface area (Å²) < 4.78 is 0. The van der Waals surface area contributed by atoms with Crippen molar-refractivity contribution in [3.8, 4) is 0 Å². The van der Waals surface area contributed by atoms with Gasteiger partial charge in [-0.2, -0.15) is 0 Å². The molecule has 1 fully saturated rings. The minimum Gasteiger partial charge on any atom is -0.324 e. The number of nitrogens with two attached hydrogens (primary N) is 1. The zero-order valence-corrected chi connectivity index (χ0v) is 12.2. The first kappa shape index (κ1) is 13.4. The average molecular weight is 265 g/mol. The second-order valence-electron chi connectivity index (χ2n) is 6.06. The summed E-state index contributed by atoms with van der Waals surface area (Å²) in [7, 11) is 0. The molecule has 1 saturated carbocycles. The van der Waals surface area contributed by atoms with E-state index in [1.807, 2.05) is 0 Å². The first-order valence-electron chi connectivity index (χ1n) is 7.64. The molecule has 3 rings (SSSR count). The first-order valence-corrected chi connectivity index (χ1v) is 7.64. The van der Waals surface area contributed by atoms with Gasteiger partial charge in [-0.3, -0.25) is 0 Å². The maximum Gasteiger partial charge on any atom is 0.0338 e. The molecule has 0 spiro atoms. The van der Waals surface area contributed by atoms with Crippen LogP contribution in [0.5, 0.6) is 0 Å². The molecule has 1 unspecified atom stereocenters. The predicted octanol–water partition coefficient (Wildman–Crippen LogP) is 4.51. The van der Waals surface area contributed by atoms with Gasteiger partial charge in [-0.15, -0.1) is 0 Å². The van der Waals surface area contributed by atoms with E-state index in [9.17, 15) is 0 Å². The van der Waals surface area contributed by atoms with Gasteiger partial charge in [0.05, 0.1) is 0 Å². The standard InChI is InChI=1S/C19H23N/c1-14-6-4-7-15(12-14)13-19(20)18-11-3-2-10-17(18)16-8-5-9-16/h2-4,6-7,10-12,16,19H,5,8-9,13,20H2,1H3. The predicted molar refractivity (Wildman–Crippen MR) is 84.8 cm³/mol. The molecule has 0 amide bonds. The molecule has 2 N–H and O–H groups in total. The highest BCUT2D eigenvalue weighted by molar-refractivity contribution is 5.35. The van der Waals surface area contributed by atoms with Gasteiger partial charge in [-0.25, -0.2) is 0 Å². The van der Waals surface area contributed by atoms with Crippen molar-refractivity contribution in [3.63, 3.8) is 0 Å². The summed E-state index contributed by atoms with van der Waals surface area (Å²) in [6, 6.07) is 17.5. The quantitative estimate of drug-likeness (QED) is 0.865. The lowest BCUT2D eigenvalue weighted by molar-refractivity contribution is 0.415. The van der Waals surface area contributed by atoms with Gasteiger partial charge < -0.3 is 5.73 Å². The van der Waals surface area contributed by atoms with Crippen LogP contribution in [0.2, 0.25) is 0 Å². The molecule has 1 heteroatoms. The summed E-state index contributed by atoms with van der Waals surface area (Å²) in [6.45, 7) is 2.14. The molecule has 0 aromatic heterocycles. The number of hydrogen-bond donors (Lipinski definition) is 1. The zero-order chi connectivity index (χ0) is 13.9.